The van der Waals surface area contributed by atoms with Crippen LogP contribution in [0.25, 0.3) is 5.69 Å². The Hall–Kier alpha value is -1.64. The van der Waals surface area contributed by atoms with E-state index in [-0.39, 0.29) is 0 Å². The summed E-state index contributed by atoms with van der Waals surface area (Å²) >= 11 is 0. The number of nitrogens with zero attached hydrogens (tertiary/aromatic N) is 3. The SMILES string of the molecule is CC.Cc1cn(-c2cccnc2)nc1C. The summed E-state index contributed by atoms with van der Waals surface area (Å²) < 4.78 is 1.84. The first kappa shape index (κ1) is 11.4. The quantitative estimate of drug-likeness (QED) is 0.713. The Bertz CT molecular complexity index is 385. The van der Waals surface area contributed by atoms with E-state index in [1.807, 2.05) is 43.8 Å². The predicted octanol–water partition coefficient (Wildman–Crippen LogP) is 2.91. The molecule has 0 N–H and O–H groups in total. The van der Waals surface area contributed by atoms with Gasteiger partial charge in [0.25, 0.3) is 0 Å². The third-order valence-corrected chi connectivity index (χ3v) is 2.05. The van der Waals surface area contributed by atoms with Crippen molar-refractivity contribution in [3.8, 4) is 5.69 Å². The van der Waals surface area contributed by atoms with Crippen LogP contribution in [0.1, 0.15) is 25.1 Å². The van der Waals surface area contributed by atoms with Crippen LogP contribution < -0.4 is 0 Å². The smallest absolute Gasteiger partial charge is 0.0828 e. The van der Waals surface area contributed by atoms with E-state index in [4.69, 9.17) is 0 Å². The monoisotopic (exact) mass is 203 g/mol. The average molecular weight is 203 g/mol. The lowest BCUT2D eigenvalue weighted by atomic mass is 10.3. The molecule has 2 heterocycles. The summed E-state index contributed by atoms with van der Waals surface area (Å²) in [6, 6.07) is 3.89. The molecule has 0 radical (unpaired) electrons. The zero-order valence-electron chi connectivity index (χ0n) is 9.73. The molecular weight excluding hydrogens is 186 g/mol. The van der Waals surface area contributed by atoms with Gasteiger partial charge in [0.1, 0.15) is 0 Å². The van der Waals surface area contributed by atoms with E-state index in [0.717, 1.165) is 11.4 Å². The van der Waals surface area contributed by atoms with Crippen LogP contribution in [-0.4, -0.2) is 14.8 Å². The number of aryl methyl sites for hydroxylation is 2. The molecule has 2 aromatic rings. The Morgan fingerprint density at radius 3 is 2.40 bits per heavy atom. The van der Waals surface area contributed by atoms with Crippen molar-refractivity contribution < 1.29 is 0 Å². The second-order valence-electron chi connectivity index (χ2n) is 3.05. The standard InChI is InChI=1S/C10H11N3.C2H6/c1-8-7-13(12-9(8)2)10-4-3-5-11-6-10;1-2/h3-7H,1-2H3;1-2H3. The molecule has 0 spiro atoms. The van der Waals surface area contributed by atoms with Crippen molar-refractivity contribution in [3.05, 3.63) is 42.0 Å². The summed E-state index contributed by atoms with van der Waals surface area (Å²) in [5.74, 6) is 0. The number of aromatic nitrogens is 3. The minimum absolute atomic E-state index is 0.999. The van der Waals surface area contributed by atoms with E-state index in [1.165, 1.54) is 5.56 Å². The highest BCUT2D eigenvalue weighted by Gasteiger charge is 2.00. The van der Waals surface area contributed by atoms with Crippen molar-refractivity contribution in [1.82, 2.24) is 14.8 Å². The van der Waals surface area contributed by atoms with Gasteiger partial charge in [-0.3, -0.25) is 4.98 Å². The maximum absolute atomic E-state index is 4.36. The van der Waals surface area contributed by atoms with Gasteiger partial charge in [0.2, 0.25) is 0 Å². The van der Waals surface area contributed by atoms with E-state index in [9.17, 15) is 0 Å². The summed E-state index contributed by atoms with van der Waals surface area (Å²) in [5, 5.41) is 4.36. The van der Waals surface area contributed by atoms with E-state index < -0.39 is 0 Å². The maximum Gasteiger partial charge on any atom is 0.0828 e. The van der Waals surface area contributed by atoms with Crippen molar-refractivity contribution in [2.24, 2.45) is 0 Å². The van der Waals surface area contributed by atoms with Gasteiger partial charge in [0, 0.05) is 12.4 Å². The molecule has 0 fully saturated rings. The van der Waals surface area contributed by atoms with E-state index in [2.05, 4.69) is 17.0 Å². The fourth-order valence-corrected chi connectivity index (χ4v) is 1.17. The lowest BCUT2D eigenvalue weighted by Crippen LogP contribution is -1.94. The lowest BCUT2D eigenvalue weighted by molar-refractivity contribution is 0.857. The molecule has 2 aromatic heterocycles. The minimum Gasteiger partial charge on any atom is -0.262 e. The molecule has 0 bridgehead atoms. The van der Waals surface area contributed by atoms with Gasteiger partial charge in [0.15, 0.2) is 0 Å². The highest BCUT2D eigenvalue weighted by molar-refractivity contribution is 5.29. The van der Waals surface area contributed by atoms with Crippen LogP contribution in [0.3, 0.4) is 0 Å². The highest BCUT2D eigenvalue weighted by atomic mass is 15.3. The summed E-state index contributed by atoms with van der Waals surface area (Å²) in [6.07, 6.45) is 5.56. The molecule has 3 heteroatoms. The van der Waals surface area contributed by atoms with Gasteiger partial charge in [-0.2, -0.15) is 5.10 Å². The van der Waals surface area contributed by atoms with Crippen LogP contribution in [-0.2, 0) is 0 Å². The Morgan fingerprint density at radius 1 is 1.20 bits per heavy atom. The molecule has 0 aliphatic carbocycles. The zero-order chi connectivity index (χ0) is 11.3. The molecule has 3 nitrogen and oxygen atoms in total. The highest BCUT2D eigenvalue weighted by Crippen LogP contribution is 2.08. The minimum atomic E-state index is 0.999. The van der Waals surface area contributed by atoms with Gasteiger partial charge >= 0.3 is 0 Å². The molecule has 0 aliphatic heterocycles. The Kier molecular flexibility index (Phi) is 4.03. The van der Waals surface area contributed by atoms with Crippen molar-refractivity contribution in [2.75, 3.05) is 0 Å². The van der Waals surface area contributed by atoms with E-state index >= 15 is 0 Å². The number of hydrogen-bond donors (Lipinski definition) is 0. The number of hydrogen-bond acceptors (Lipinski definition) is 2. The molecule has 0 saturated carbocycles. The van der Waals surface area contributed by atoms with Crippen molar-refractivity contribution in [1.29, 1.82) is 0 Å². The van der Waals surface area contributed by atoms with Crippen molar-refractivity contribution >= 4 is 0 Å². The normalized spacial score (nSPS) is 9.33. The largest absolute Gasteiger partial charge is 0.262 e. The van der Waals surface area contributed by atoms with Gasteiger partial charge < -0.3 is 0 Å². The van der Waals surface area contributed by atoms with Gasteiger partial charge in [-0.1, -0.05) is 13.8 Å². The molecule has 2 rings (SSSR count). The Morgan fingerprint density at radius 2 is 1.93 bits per heavy atom. The topological polar surface area (TPSA) is 30.7 Å². The maximum atomic E-state index is 4.36. The van der Waals surface area contributed by atoms with Gasteiger partial charge in [0.05, 0.1) is 17.6 Å². The fourth-order valence-electron chi connectivity index (χ4n) is 1.17. The van der Waals surface area contributed by atoms with Gasteiger partial charge in [-0.25, -0.2) is 4.68 Å². The molecular formula is C12H17N3. The molecule has 80 valence electrons. The first-order chi connectivity index (χ1) is 7.27. The van der Waals surface area contributed by atoms with Crippen molar-refractivity contribution in [3.63, 3.8) is 0 Å². The summed E-state index contributed by atoms with van der Waals surface area (Å²) in [4.78, 5) is 4.04. The molecule has 0 amide bonds. The van der Waals surface area contributed by atoms with E-state index in [1.54, 1.807) is 12.4 Å². The molecule has 0 saturated heterocycles. The van der Waals surface area contributed by atoms with E-state index in [0.29, 0.717) is 0 Å². The average Bonchev–Trinajstić information content (AvgIpc) is 2.63. The third-order valence-electron chi connectivity index (χ3n) is 2.05. The summed E-state index contributed by atoms with van der Waals surface area (Å²) in [6.45, 7) is 8.05. The lowest BCUT2D eigenvalue weighted by Gasteiger charge is -1.97. The van der Waals surface area contributed by atoms with Crippen molar-refractivity contribution in [2.45, 2.75) is 27.7 Å². The molecule has 0 unspecified atom stereocenters. The second kappa shape index (κ2) is 5.29. The first-order valence-corrected chi connectivity index (χ1v) is 5.20. The van der Waals surface area contributed by atoms with Gasteiger partial charge in [-0.05, 0) is 31.5 Å². The van der Waals surface area contributed by atoms with Crippen LogP contribution in [0.4, 0.5) is 0 Å². The number of pyridine rings is 1. The van der Waals surface area contributed by atoms with Crippen LogP contribution in [0.2, 0.25) is 0 Å². The Labute approximate surface area is 90.8 Å². The van der Waals surface area contributed by atoms with Crippen LogP contribution in [0.5, 0.6) is 0 Å². The van der Waals surface area contributed by atoms with Crippen LogP contribution in [0.15, 0.2) is 30.7 Å². The molecule has 15 heavy (non-hydrogen) atoms. The van der Waals surface area contributed by atoms with Crippen LogP contribution in [0, 0.1) is 13.8 Å². The third kappa shape index (κ3) is 2.65. The molecule has 0 aliphatic rings. The summed E-state index contributed by atoms with van der Waals surface area (Å²) in [5.41, 5.74) is 3.26. The fraction of sp³-hybridized carbons (Fsp3) is 0.333. The Balaban J connectivity index is 0.000000531. The number of rotatable bonds is 1. The zero-order valence-corrected chi connectivity index (χ0v) is 9.73. The predicted molar refractivity (Wildman–Crippen MR) is 62.2 cm³/mol. The molecule has 0 atom stereocenters. The second-order valence-corrected chi connectivity index (χ2v) is 3.05. The molecule has 0 aromatic carbocycles. The first-order valence-electron chi connectivity index (χ1n) is 5.20. The van der Waals surface area contributed by atoms with Crippen LogP contribution >= 0.6 is 0 Å². The summed E-state index contributed by atoms with van der Waals surface area (Å²) in [7, 11) is 0. The van der Waals surface area contributed by atoms with Gasteiger partial charge in [-0.15, -0.1) is 0 Å².